The van der Waals surface area contributed by atoms with E-state index in [1.54, 1.807) is 16.9 Å². The Morgan fingerprint density at radius 1 is 1.12 bits per heavy atom. The Morgan fingerprint density at radius 2 is 1.88 bits per heavy atom. The molecule has 41 heavy (non-hydrogen) atoms. The van der Waals surface area contributed by atoms with Crippen molar-refractivity contribution in [2.24, 2.45) is 7.05 Å². The van der Waals surface area contributed by atoms with Crippen LogP contribution >= 0.6 is 11.6 Å². The number of carbonyl (C=O) groups is 1. The number of nitrogens with zero attached hydrogens (tertiary/aromatic N) is 6. The van der Waals surface area contributed by atoms with Crippen LogP contribution in [0.5, 0.6) is 5.88 Å². The van der Waals surface area contributed by atoms with E-state index in [-0.39, 0.29) is 22.6 Å². The highest BCUT2D eigenvalue weighted by Gasteiger charge is 2.53. The van der Waals surface area contributed by atoms with Crippen LogP contribution in [-0.4, -0.2) is 53.8 Å². The molecule has 0 atom stereocenters. The van der Waals surface area contributed by atoms with Gasteiger partial charge in [-0.15, -0.1) is 0 Å². The molecule has 0 aliphatic heterocycles. The quantitative estimate of drug-likeness (QED) is 0.274. The van der Waals surface area contributed by atoms with Crippen molar-refractivity contribution in [2.45, 2.75) is 74.9 Å². The first-order valence-electron chi connectivity index (χ1n) is 13.7. The maximum absolute atomic E-state index is 11.5. The second-order valence-corrected chi connectivity index (χ2v) is 11.8. The second-order valence-electron chi connectivity index (χ2n) is 11.4. The molecular weight excluding hydrogens is 552 g/mol. The fourth-order valence-electron chi connectivity index (χ4n) is 6.31. The van der Waals surface area contributed by atoms with E-state index in [4.69, 9.17) is 35.1 Å². The van der Waals surface area contributed by atoms with Gasteiger partial charge in [0, 0.05) is 24.6 Å². The van der Waals surface area contributed by atoms with Gasteiger partial charge < -0.3 is 23.6 Å². The van der Waals surface area contributed by atoms with Gasteiger partial charge in [-0.3, -0.25) is 4.68 Å². The largest absolute Gasteiger partial charge is 0.481 e. The second kappa shape index (κ2) is 9.66. The Balaban J connectivity index is 1.09. The number of hydrogen-bond acceptors (Lipinski definition) is 10. The molecule has 0 unspecified atom stereocenters. The Bertz CT molecular complexity index is 1590. The zero-order valence-corrected chi connectivity index (χ0v) is 23.5. The highest BCUT2D eigenvalue weighted by molar-refractivity contribution is 6.33. The van der Waals surface area contributed by atoms with E-state index >= 15 is 0 Å². The average molecular weight is 581 g/mol. The first-order chi connectivity index (χ1) is 19.8. The topological polar surface area (TPSA) is 151 Å². The molecule has 0 spiro atoms. The summed E-state index contributed by atoms with van der Waals surface area (Å²) in [7, 11) is 3.28. The number of ether oxygens (including phenoxy) is 2. The maximum atomic E-state index is 11.5. The zero-order chi connectivity index (χ0) is 28.4. The lowest BCUT2D eigenvalue weighted by Gasteiger charge is -2.51. The van der Waals surface area contributed by atoms with E-state index in [9.17, 15) is 9.90 Å². The lowest BCUT2D eigenvalue weighted by Crippen LogP contribution is -2.49. The summed E-state index contributed by atoms with van der Waals surface area (Å²) in [5.41, 5.74) is 2.26. The van der Waals surface area contributed by atoms with Crippen molar-refractivity contribution >= 4 is 17.6 Å². The van der Waals surface area contributed by atoms with Crippen LogP contribution in [0.4, 0.5) is 0 Å². The Labute approximate surface area is 240 Å². The van der Waals surface area contributed by atoms with Crippen LogP contribution in [0.15, 0.2) is 27.4 Å². The van der Waals surface area contributed by atoms with Crippen molar-refractivity contribution in [1.29, 1.82) is 0 Å². The summed E-state index contributed by atoms with van der Waals surface area (Å²) < 4.78 is 25.2. The summed E-state index contributed by atoms with van der Waals surface area (Å²) >= 11 is 6.46. The third-order valence-electron chi connectivity index (χ3n) is 8.95. The van der Waals surface area contributed by atoms with Crippen molar-refractivity contribution in [2.75, 3.05) is 7.11 Å². The summed E-state index contributed by atoms with van der Waals surface area (Å²) in [6.07, 6.45) is 8.95. The third-order valence-corrected chi connectivity index (χ3v) is 9.23. The Morgan fingerprint density at radius 3 is 2.51 bits per heavy atom. The average Bonchev–Trinajstić information content (AvgIpc) is 3.39. The molecular formula is C28H29ClN6O6. The van der Waals surface area contributed by atoms with Crippen LogP contribution in [0, 0.1) is 0 Å². The lowest BCUT2D eigenvalue weighted by atomic mass is 9.58. The summed E-state index contributed by atoms with van der Waals surface area (Å²) in [5, 5.41) is 22.8. The molecule has 13 heteroatoms. The summed E-state index contributed by atoms with van der Waals surface area (Å²) in [6, 6.07) is 3.03. The predicted molar refractivity (Wildman–Crippen MR) is 144 cm³/mol. The van der Waals surface area contributed by atoms with Crippen LogP contribution in [0.2, 0.25) is 5.02 Å². The van der Waals surface area contributed by atoms with Gasteiger partial charge in [0.1, 0.15) is 17.1 Å². The first kappa shape index (κ1) is 26.1. The van der Waals surface area contributed by atoms with E-state index in [0.717, 1.165) is 68.4 Å². The monoisotopic (exact) mass is 580 g/mol. The van der Waals surface area contributed by atoms with Crippen molar-refractivity contribution in [1.82, 2.24) is 30.1 Å². The molecule has 4 aromatic heterocycles. The number of aromatic carboxylic acids is 1. The molecule has 4 aliphatic rings. The Hall–Kier alpha value is -3.77. The van der Waals surface area contributed by atoms with Gasteiger partial charge in [-0.05, 0) is 57.4 Å². The van der Waals surface area contributed by atoms with E-state index < -0.39 is 5.97 Å². The van der Waals surface area contributed by atoms with Gasteiger partial charge in [0.05, 0.1) is 41.5 Å². The van der Waals surface area contributed by atoms with Crippen molar-refractivity contribution in [3.63, 3.8) is 0 Å². The van der Waals surface area contributed by atoms with Crippen molar-refractivity contribution in [3.8, 4) is 28.7 Å². The van der Waals surface area contributed by atoms with E-state index in [0.29, 0.717) is 40.5 Å². The fourth-order valence-corrected chi connectivity index (χ4v) is 6.56. The number of halogens is 1. The zero-order valence-electron chi connectivity index (χ0n) is 22.7. The fraction of sp³-hybridized carbons (Fsp3) is 0.500. The van der Waals surface area contributed by atoms with E-state index in [1.165, 1.54) is 13.2 Å². The number of aromatic nitrogens is 6. The number of fused-ring (bicyclic) bond motifs is 3. The number of carboxylic acids is 1. The van der Waals surface area contributed by atoms with Gasteiger partial charge in [-0.2, -0.15) is 10.1 Å². The molecule has 4 fully saturated rings. The van der Waals surface area contributed by atoms with Crippen molar-refractivity contribution < 1.29 is 28.4 Å². The van der Waals surface area contributed by atoms with Crippen LogP contribution in [0.3, 0.4) is 0 Å². The molecule has 2 bridgehead atoms. The number of hydrogen-bond donors (Lipinski definition) is 1. The van der Waals surface area contributed by atoms with Gasteiger partial charge in [-0.25, -0.2) is 9.78 Å². The summed E-state index contributed by atoms with van der Waals surface area (Å²) in [4.78, 5) is 20.2. The molecule has 0 saturated heterocycles. The predicted octanol–water partition coefficient (Wildman–Crippen LogP) is 5.32. The smallest absolute Gasteiger partial charge is 0.354 e. The SMILES string of the molecule is COc1cc(-c2noc(C34CCC(OCc5c(-c6c(Cl)cnn6C)noc5C5CC5)(CC3)CC4)n2)cc(C(=O)O)n1. The van der Waals surface area contributed by atoms with Crippen LogP contribution in [0.1, 0.15) is 85.0 Å². The van der Waals surface area contributed by atoms with Gasteiger partial charge in [0.25, 0.3) is 0 Å². The lowest BCUT2D eigenvalue weighted by molar-refractivity contribution is -0.130. The van der Waals surface area contributed by atoms with Crippen LogP contribution < -0.4 is 4.74 Å². The van der Waals surface area contributed by atoms with Gasteiger partial charge >= 0.3 is 5.97 Å². The minimum Gasteiger partial charge on any atom is -0.481 e. The molecule has 4 aliphatic carbocycles. The molecule has 4 saturated carbocycles. The van der Waals surface area contributed by atoms with E-state index in [2.05, 4.69) is 20.4 Å². The summed E-state index contributed by atoms with van der Waals surface area (Å²) in [6.45, 7) is 0.402. The van der Waals surface area contributed by atoms with Gasteiger partial charge in [-0.1, -0.05) is 21.9 Å². The number of pyridine rings is 1. The minimum atomic E-state index is -1.16. The number of methoxy groups -OCH3 is 1. The normalized spacial score (nSPS) is 23.7. The standard InChI is InChI=1S/C28H29ClN6O6/c1-35-22(18(29)13-30-35)21-17(23(40-33-21)15-3-4-15)14-39-28-8-5-27(6-9-28,7-10-28)26-32-24(34-41-26)16-11-19(25(36)37)31-20(12-16)38-2/h11-13,15H,3-10,14H2,1-2H3,(H,36,37). The molecule has 12 nitrogen and oxygen atoms in total. The highest BCUT2D eigenvalue weighted by Crippen LogP contribution is 2.55. The molecule has 0 radical (unpaired) electrons. The van der Waals surface area contributed by atoms with Crippen LogP contribution in [0.25, 0.3) is 22.8 Å². The first-order valence-corrected chi connectivity index (χ1v) is 14.1. The number of carboxylic acid groups (broad SMARTS) is 1. The summed E-state index contributed by atoms with van der Waals surface area (Å²) in [5.74, 6) is 1.19. The molecule has 4 heterocycles. The molecule has 1 N–H and O–H groups in total. The Kier molecular flexibility index (Phi) is 6.16. The van der Waals surface area contributed by atoms with Crippen LogP contribution in [-0.2, 0) is 23.8 Å². The molecule has 4 aromatic rings. The molecule has 214 valence electrons. The molecule has 0 amide bonds. The van der Waals surface area contributed by atoms with Crippen molar-refractivity contribution in [3.05, 3.63) is 46.3 Å². The van der Waals surface area contributed by atoms with E-state index in [1.807, 2.05) is 7.05 Å². The van der Waals surface area contributed by atoms with Gasteiger partial charge in [0.15, 0.2) is 5.69 Å². The number of rotatable bonds is 9. The van der Waals surface area contributed by atoms with Gasteiger partial charge in [0.2, 0.25) is 17.6 Å². The minimum absolute atomic E-state index is 0.146. The highest BCUT2D eigenvalue weighted by atomic mass is 35.5. The third kappa shape index (κ3) is 4.49. The maximum Gasteiger partial charge on any atom is 0.354 e. The number of aryl methyl sites for hydroxylation is 1. The molecule has 8 rings (SSSR count). The molecule has 0 aromatic carbocycles.